The first-order valence-electron chi connectivity index (χ1n) is 4.71. The van der Waals surface area contributed by atoms with Crippen LogP contribution in [0.5, 0.6) is 0 Å². The Morgan fingerprint density at radius 2 is 2.27 bits per heavy atom. The van der Waals surface area contributed by atoms with Gasteiger partial charge in [0.05, 0.1) is 6.54 Å². The van der Waals surface area contributed by atoms with Gasteiger partial charge < -0.3 is 9.73 Å². The van der Waals surface area contributed by atoms with Gasteiger partial charge in [-0.1, -0.05) is 10.3 Å². The Bertz CT molecular complexity index is 432. The van der Waals surface area contributed by atoms with Crippen LogP contribution in [0.15, 0.2) is 4.42 Å². The highest BCUT2D eigenvalue weighted by atomic mass is 16.4. The number of hydrogen-bond donors (Lipinski definition) is 2. The van der Waals surface area contributed by atoms with E-state index in [4.69, 9.17) is 4.42 Å². The molecule has 2 aromatic heterocycles. The number of aromatic nitrogens is 6. The van der Waals surface area contributed by atoms with E-state index in [2.05, 4.69) is 36.1 Å². The van der Waals surface area contributed by atoms with Gasteiger partial charge in [0.25, 0.3) is 0 Å². The van der Waals surface area contributed by atoms with E-state index in [1.807, 2.05) is 0 Å². The lowest BCUT2D eigenvalue weighted by molar-refractivity contribution is 0.506. The highest BCUT2D eigenvalue weighted by Gasteiger charge is 2.29. The van der Waals surface area contributed by atoms with Crippen LogP contribution in [0, 0.1) is 0 Å². The molecule has 1 fully saturated rings. The molecule has 0 saturated heterocycles. The van der Waals surface area contributed by atoms with Crippen LogP contribution < -0.4 is 5.32 Å². The molecule has 2 aromatic rings. The summed E-state index contributed by atoms with van der Waals surface area (Å²) in [5.74, 6) is 1.74. The molecule has 15 heavy (non-hydrogen) atoms. The molecule has 1 aliphatic rings. The second-order valence-corrected chi connectivity index (χ2v) is 3.40. The van der Waals surface area contributed by atoms with Crippen LogP contribution in [-0.2, 0) is 6.54 Å². The van der Waals surface area contributed by atoms with Crippen molar-refractivity contribution in [2.45, 2.75) is 25.3 Å². The molecule has 0 spiro atoms. The topological polar surface area (TPSA) is 105 Å². The zero-order valence-corrected chi connectivity index (χ0v) is 7.84. The van der Waals surface area contributed by atoms with E-state index in [1.54, 1.807) is 0 Å². The minimum atomic E-state index is 0.404. The Hall–Kier alpha value is -1.99. The maximum Gasteiger partial charge on any atom is 0.315 e. The van der Waals surface area contributed by atoms with E-state index < -0.39 is 0 Å². The first kappa shape index (κ1) is 8.33. The summed E-state index contributed by atoms with van der Waals surface area (Å²) in [4.78, 5) is 0. The number of hydrogen-bond acceptors (Lipinski definition) is 7. The fraction of sp³-hybridized carbons (Fsp3) is 0.571. The number of H-pyrrole nitrogens is 1. The Kier molecular flexibility index (Phi) is 1.83. The minimum absolute atomic E-state index is 0.404. The molecule has 8 nitrogen and oxygen atoms in total. The quantitative estimate of drug-likeness (QED) is 0.730. The number of tetrazole rings is 1. The van der Waals surface area contributed by atoms with Crippen molar-refractivity contribution in [1.29, 1.82) is 0 Å². The second kappa shape index (κ2) is 3.30. The van der Waals surface area contributed by atoms with Gasteiger partial charge in [-0.05, 0) is 12.8 Å². The summed E-state index contributed by atoms with van der Waals surface area (Å²) in [6, 6.07) is 0.404. The van der Waals surface area contributed by atoms with Crippen molar-refractivity contribution < 1.29 is 4.42 Å². The van der Waals surface area contributed by atoms with Gasteiger partial charge in [-0.3, -0.25) is 0 Å². The van der Waals surface area contributed by atoms with Crippen molar-refractivity contribution >= 4 is 6.01 Å². The summed E-state index contributed by atoms with van der Waals surface area (Å²) >= 11 is 0. The SMILES string of the molecule is C(Nc1nnc(C2CC2)o1)c1nn[nH]n1. The molecule has 0 aliphatic heterocycles. The maximum absolute atomic E-state index is 5.39. The molecule has 0 amide bonds. The summed E-state index contributed by atoms with van der Waals surface area (Å²) < 4.78 is 5.39. The van der Waals surface area contributed by atoms with E-state index in [1.165, 1.54) is 0 Å². The highest BCUT2D eigenvalue weighted by molar-refractivity contribution is 5.18. The molecule has 0 radical (unpaired) electrons. The van der Waals surface area contributed by atoms with Crippen molar-refractivity contribution in [2.24, 2.45) is 0 Å². The third kappa shape index (κ3) is 1.78. The third-order valence-corrected chi connectivity index (χ3v) is 2.15. The van der Waals surface area contributed by atoms with E-state index in [0.29, 0.717) is 30.2 Å². The van der Waals surface area contributed by atoms with Crippen LogP contribution in [0.2, 0.25) is 0 Å². The average molecular weight is 207 g/mol. The lowest BCUT2D eigenvalue weighted by Crippen LogP contribution is -2.01. The van der Waals surface area contributed by atoms with Gasteiger partial charge in [-0.15, -0.1) is 15.3 Å². The summed E-state index contributed by atoms with van der Waals surface area (Å²) in [6.07, 6.45) is 2.29. The molecule has 2 heterocycles. The molecular weight excluding hydrogens is 198 g/mol. The smallest absolute Gasteiger partial charge is 0.315 e. The van der Waals surface area contributed by atoms with Crippen LogP contribution in [0.25, 0.3) is 0 Å². The number of nitrogens with one attached hydrogen (secondary N) is 2. The van der Waals surface area contributed by atoms with Crippen molar-refractivity contribution in [2.75, 3.05) is 5.32 Å². The van der Waals surface area contributed by atoms with Gasteiger partial charge in [0.1, 0.15) is 0 Å². The van der Waals surface area contributed by atoms with E-state index in [9.17, 15) is 0 Å². The first-order valence-corrected chi connectivity index (χ1v) is 4.71. The minimum Gasteiger partial charge on any atom is -0.408 e. The molecule has 0 aromatic carbocycles. The fourth-order valence-electron chi connectivity index (χ4n) is 1.21. The predicted octanol–water partition coefficient (Wildman–Crippen LogP) is 0.0722. The lowest BCUT2D eigenvalue weighted by atomic mass is 10.4. The summed E-state index contributed by atoms with van der Waals surface area (Å²) in [7, 11) is 0. The normalized spacial score (nSPS) is 15.5. The lowest BCUT2D eigenvalue weighted by Gasteiger charge is -1.94. The number of nitrogens with zero attached hydrogens (tertiary/aromatic N) is 5. The molecule has 0 unspecified atom stereocenters. The molecule has 0 bridgehead atoms. The van der Waals surface area contributed by atoms with Crippen molar-refractivity contribution in [1.82, 2.24) is 30.8 Å². The second-order valence-electron chi connectivity index (χ2n) is 3.40. The number of anilines is 1. The summed E-state index contributed by atoms with van der Waals surface area (Å²) in [6.45, 7) is 0.419. The van der Waals surface area contributed by atoms with E-state index in [0.717, 1.165) is 12.8 Å². The zero-order valence-electron chi connectivity index (χ0n) is 7.84. The number of aromatic amines is 1. The molecule has 78 valence electrons. The van der Waals surface area contributed by atoms with Crippen molar-refractivity contribution in [3.8, 4) is 0 Å². The van der Waals surface area contributed by atoms with Crippen molar-refractivity contribution in [3.05, 3.63) is 11.7 Å². The maximum atomic E-state index is 5.39. The standard InChI is InChI=1S/C7H9N7O/c1-2-4(1)6-11-12-7(15-6)8-3-5-9-13-14-10-5/h4H,1-3H2,(H,8,12)(H,9,10,13,14). The van der Waals surface area contributed by atoms with E-state index in [-0.39, 0.29) is 0 Å². The summed E-state index contributed by atoms with van der Waals surface area (Å²) in [5.41, 5.74) is 0. The van der Waals surface area contributed by atoms with Crippen LogP contribution in [-0.4, -0.2) is 30.8 Å². The Balaban J connectivity index is 1.61. The summed E-state index contributed by atoms with van der Waals surface area (Å²) in [5, 5.41) is 24.1. The highest BCUT2D eigenvalue weighted by Crippen LogP contribution is 2.39. The monoisotopic (exact) mass is 207 g/mol. The fourth-order valence-corrected chi connectivity index (χ4v) is 1.21. The van der Waals surface area contributed by atoms with Gasteiger partial charge in [0, 0.05) is 5.92 Å². The molecular formula is C7H9N7O. The molecule has 2 N–H and O–H groups in total. The molecule has 8 heteroatoms. The molecule has 3 rings (SSSR count). The molecule has 1 aliphatic carbocycles. The largest absolute Gasteiger partial charge is 0.408 e. The first-order chi connectivity index (χ1) is 7.42. The van der Waals surface area contributed by atoms with Crippen molar-refractivity contribution in [3.63, 3.8) is 0 Å². The molecule has 0 atom stereocenters. The Morgan fingerprint density at radius 3 is 3.00 bits per heavy atom. The Labute approximate surface area is 84.5 Å². The average Bonchev–Trinajstić information content (AvgIpc) is 2.82. The van der Waals surface area contributed by atoms with Crippen LogP contribution in [0.3, 0.4) is 0 Å². The van der Waals surface area contributed by atoms with E-state index >= 15 is 0 Å². The van der Waals surface area contributed by atoms with Gasteiger partial charge in [0.2, 0.25) is 5.89 Å². The predicted molar refractivity (Wildman–Crippen MR) is 47.8 cm³/mol. The number of rotatable bonds is 4. The Morgan fingerprint density at radius 1 is 1.33 bits per heavy atom. The van der Waals surface area contributed by atoms with Crippen LogP contribution in [0.1, 0.15) is 30.5 Å². The molecule has 1 saturated carbocycles. The van der Waals surface area contributed by atoms with Gasteiger partial charge >= 0.3 is 6.01 Å². The zero-order chi connectivity index (χ0) is 10.1. The third-order valence-electron chi connectivity index (χ3n) is 2.15. The van der Waals surface area contributed by atoms with Gasteiger partial charge in [-0.2, -0.15) is 5.21 Å². The van der Waals surface area contributed by atoms with Crippen LogP contribution in [0.4, 0.5) is 6.01 Å². The van der Waals surface area contributed by atoms with Gasteiger partial charge in [-0.25, -0.2) is 0 Å². The van der Waals surface area contributed by atoms with Crippen LogP contribution >= 0.6 is 0 Å². The van der Waals surface area contributed by atoms with Gasteiger partial charge in [0.15, 0.2) is 5.82 Å².